The predicted octanol–water partition coefficient (Wildman–Crippen LogP) is 5.92. The van der Waals surface area contributed by atoms with E-state index in [9.17, 15) is 20.2 Å². The molecule has 2 aromatic rings. The quantitative estimate of drug-likeness (QED) is 0.443. The average Bonchev–Trinajstić information content (AvgIpc) is 2.57. The van der Waals surface area contributed by atoms with Crippen LogP contribution >= 0.6 is 0 Å². The van der Waals surface area contributed by atoms with E-state index in [1.807, 2.05) is 27.7 Å². The van der Waals surface area contributed by atoms with Gasteiger partial charge in [0.1, 0.15) is 0 Å². The summed E-state index contributed by atoms with van der Waals surface area (Å²) < 4.78 is 6.36. The Morgan fingerprint density at radius 1 is 0.655 bits per heavy atom. The van der Waals surface area contributed by atoms with Crippen molar-refractivity contribution >= 4 is 11.4 Å². The summed E-state index contributed by atoms with van der Waals surface area (Å²) in [6, 6.07) is 6.61. The van der Waals surface area contributed by atoms with Crippen molar-refractivity contribution in [2.75, 3.05) is 0 Å². The Balaban J connectivity index is 2.61. The van der Waals surface area contributed by atoms with Gasteiger partial charge in [-0.25, -0.2) is 0 Å². The number of hydrogen-bond acceptors (Lipinski definition) is 5. The van der Waals surface area contributed by atoms with Crippen molar-refractivity contribution in [3.05, 3.63) is 77.9 Å². The van der Waals surface area contributed by atoms with Crippen LogP contribution in [0.25, 0.3) is 0 Å². The zero-order valence-electron chi connectivity index (χ0n) is 18.2. The van der Waals surface area contributed by atoms with Crippen LogP contribution in [0.2, 0.25) is 0 Å². The highest BCUT2D eigenvalue weighted by Crippen LogP contribution is 2.43. The fourth-order valence-corrected chi connectivity index (χ4v) is 3.62. The van der Waals surface area contributed by atoms with Crippen LogP contribution in [-0.4, -0.2) is 9.85 Å². The normalized spacial score (nSPS) is 12.1. The van der Waals surface area contributed by atoms with Crippen LogP contribution in [0.4, 0.5) is 11.4 Å². The summed E-state index contributed by atoms with van der Waals surface area (Å²) in [7, 11) is 0. The molecule has 0 fully saturated rings. The molecule has 2 rings (SSSR count). The zero-order valence-corrected chi connectivity index (χ0v) is 18.2. The highest BCUT2D eigenvalue weighted by atomic mass is 16.6. The van der Waals surface area contributed by atoms with Crippen molar-refractivity contribution < 1.29 is 14.6 Å². The summed E-state index contributed by atoms with van der Waals surface area (Å²) in [5.41, 5.74) is 2.17. The van der Waals surface area contributed by atoms with Crippen molar-refractivity contribution in [1.29, 1.82) is 0 Å². The van der Waals surface area contributed by atoms with Crippen molar-refractivity contribution in [3.63, 3.8) is 0 Å². The molecule has 7 nitrogen and oxygen atoms in total. The fraction of sp³-hybridized carbons (Fsp3) is 0.455. The van der Waals surface area contributed by atoms with Crippen molar-refractivity contribution in [2.24, 2.45) is 0 Å². The van der Waals surface area contributed by atoms with Crippen LogP contribution < -0.4 is 0 Å². The van der Waals surface area contributed by atoms with Gasteiger partial charge in [-0.2, -0.15) is 0 Å². The van der Waals surface area contributed by atoms with E-state index < -0.39 is 21.0 Å². The number of hydrogen-bond donors (Lipinski definition) is 0. The molecule has 0 radical (unpaired) electrons. The van der Waals surface area contributed by atoms with Gasteiger partial charge in [0, 0.05) is 12.1 Å². The van der Waals surface area contributed by atoms with Crippen LogP contribution in [0, 0.1) is 47.9 Å². The van der Waals surface area contributed by atoms with Gasteiger partial charge in [0.05, 0.1) is 32.2 Å². The number of nitrogens with zero attached hydrogens (tertiary/aromatic N) is 2. The zero-order chi connectivity index (χ0) is 22.3. The molecule has 7 heteroatoms. The monoisotopic (exact) mass is 400 g/mol. The van der Waals surface area contributed by atoms with Gasteiger partial charge in [0.15, 0.2) is 0 Å². The molecule has 0 unspecified atom stereocenters. The number of benzene rings is 2. The molecule has 0 aliphatic rings. The number of nitro benzene ring substituents is 2. The Hall–Kier alpha value is -2.80. The minimum Gasteiger partial charge on any atom is -0.360 e. The van der Waals surface area contributed by atoms with Crippen molar-refractivity contribution in [2.45, 2.75) is 66.6 Å². The third-order valence-electron chi connectivity index (χ3n) is 5.43. The first kappa shape index (κ1) is 22.5. The Morgan fingerprint density at radius 2 is 0.931 bits per heavy atom. The van der Waals surface area contributed by atoms with E-state index in [4.69, 9.17) is 4.74 Å². The molecule has 0 atom stereocenters. The molecule has 0 aliphatic carbocycles. The minimum atomic E-state index is -1.06. The molecule has 0 saturated carbocycles. The van der Waals surface area contributed by atoms with E-state index in [-0.39, 0.29) is 11.4 Å². The summed E-state index contributed by atoms with van der Waals surface area (Å²) in [6.07, 6.45) is 0. The second-order valence-corrected chi connectivity index (χ2v) is 8.54. The Morgan fingerprint density at radius 3 is 1.21 bits per heavy atom. The van der Waals surface area contributed by atoms with E-state index in [1.165, 1.54) is 0 Å². The predicted molar refractivity (Wildman–Crippen MR) is 112 cm³/mol. The smallest absolute Gasteiger partial charge is 0.275 e. The standard InChI is InChI=1S/C22H28N2O5/c1-13-9-17(19(23(25)26)11-15(13)3)21(5,6)29-22(7,8)18-10-14(2)16(4)12-20(18)24(27)28/h9-12H,1-8H3. The molecule has 2 aromatic carbocycles. The average molecular weight is 400 g/mol. The van der Waals surface area contributed by atoms with Gasteiger partial charge in [0.2, 0.25) is 0 Å². The lowest BCUT2D eigenvalue weighted by atomic mass is 9.88. The second-order valence-electron chi connectivity index (χ2n) is 8.54. The Bertz CT molecular complexity index is 914. The highest BCUT2D eigenvalue weighted by Gasteiger charge is 2.39. The van der Waals surface area contributed by atoms with Gasteiger partial charge in [0.25, 0.3) is 11.4 Å². The van der Waals surface area contributed by atoms with Gasteiger partial charge in [-0.1, -0.05) is 0 Å². The van der Waals surface area contributed by atoms with Crippen molar-refractivity contribution in [1.82, 2.24) is 0 Å². The third-order valence-corrected chi connectivity index (χ3v) is 5.43. The number of ether oxygens (including phenoxy) is 1. The van der Waals surface area contributed by atoms with E-state index in [0.717, 1.165) is 22.3 Å². The molecular formula is C22H28N2O5. The summed E-state index contributed by atoms with van der Waals surface area (Å²) in [6.45, 7) is 14.4. The van der Waals surface area contributed by atoms with Crippen LogP contribution in [0.1, 0.15) is 61.1 Å². The van der Waals surface area contributed by atoms with Crippen LogP contribution in [0.15, 0.2) is 24.3 Å². The Labute approximate surface area is 171 Å². The third kappa shape index (κ3) is 4.45. The second kappa shape index (κ2) is 7.55. The van der Waals surface area contributed by atoms with Crippen LogP contribution in [0.5, 0.6) is 0 Å². The molecule has 0 spiro atoms. The lowest BCUT2D eigenvalue weighted by Gasteiger charge is -2.36. The van der Waals surface area contributed by atoms with Gasteiger partial charge in [-0.15, -0.1) is 0 Å². The van der Waals surface area contributed by atoms with Gasteiger partial charge in [-0.05, 0) is 89.8 Å². The summed E-state index contributed by atoms with van der Waals surface area (Å²) in [5.74, 6) is 0. The summed E-state index contributed by atoms with van der Waals surface area (Å²) >= 11 is 0. The van der Waals surface area contributed by atoms with Crippen LogP contribution in [0.3, 0.4) is 0 Å². The first-order chi connectivity index (χ1) is 13.2. The van der Waals surface area contributed by atoms with E-state index in [0.29, 0.717) is 11.1 Å². The molecule has 29 heavy (non-hydrogen) atoms. The number of rotatable bonds is 6. The first-order valence-corrected chi connectivity index (χ1v) is 9.40. The largest absolute Gasteiger partial charge is 0.360 e. The maximum absolute atomic E-state index is 11.7. The van der Waals surface area contributed by atoms with E-state index in [2.05, 4.69) is 0 Å². The topological polar surface area (TPSA) is 95.5 Å². The lowest BCUT2D eigenvalue weighted by Crippen LogP contribution is -2.34. The molecule has 0 bridgehead atoms. The summed E-state index contributed by atoms with van der Waals surface area (Å²) in [4.78, 5) is 22.5. The maximum atomic E-state index is 11.7. The molecule has 0 heterocycles. The minimum absolute atomic E-state index is 0.0245. The van der Waals surface area contributed by atoms with Crippen molar-refractivity contribution in [3.8, 4) is 0 Å². The van der Waals surface area contributed by atoms with Gasteiger partial charge in [-0.3, -0.25) is 20.2 Å². The molecule has 156 valence electrons. The Kier molecular flexibility index (Phi) is 5.86. The molecule has 0 amide bonds. The number of nitro groups is 2. The van der Waals surface area contributed by atoms with Gasteiger partial charge >= 0.3 is 0 Å². The SMILES string of the molecule is Cc1cc([N+](=O)[O-])c(C(C)(C)OC(C)(C)c2cc(C)c(C)cc2[N+](=O)[O-])cc1C. The van der Waals surface area contributed by atoms with Gasteiger partial charge < -0.3 is 4.74 Å². The van der Waals surface area contributed by atoms with E-state index in [1.54, 1.807) is 52.0 Å². The molecule has 0 aromatic heterocycles. The summed E-state index contributed by atoms with van der Waals surface area (Å²) in [5, 5.41) is 23.3. The molecule has 0 N–H and O–H groups in total. The molecule has 0 aliphatic heterocycles. The first-order valence-electron chi connectivity index (χ1n) is 9.40. The molecular weight excluding hydrogens is 372 g/mol. The van der Waals surface area contributed by atoms with Crippen LogP contribution in [-0.2, 0) is 15.9 Å². The number of aryl methyl sites for hydroxylation is 4. The maximum Gasteiger partial charge on any atom is 0.275 e. The molecule has 0 saturated heterocycles. The van der Waals surface area contributed by atoms with E-state index >= 15 is 0 Å². The fourth-order valence-electron chi connectivity index (χ4n) is 3.62. The lowest BCUT2D eigenvalue weighted by molar-refractivity contribution is -0.388. The highest BCUT2D eigenvalue weighted by molar-refractivity contribution is 5.51.